The molecule has 0 saturated heterocycles. The SMILES string of the molecule is CS(=O)(=S)N(c1ccc(Cl)s1)C(Cl)(Cl)Cl. The van der Waals surface area contributed by atoms with Crippen molar-refractivity contribution in [3.63, 3.8) is 0 Å². The van der Waals surface area contributed by atoms with Crippen molar-refractivity contribution in [2.75, 3.05) is 10.6 Å². The summed E-state index contributed by atoms with van der Waals surface area (Å²) in [7, 11) is -2.84. The predicted molar refractivity (Wildman–Crippen MR) is 73.5 cm³/mol. The van der Waals surface area contributed by atoms with E-state index in [-0.39, 0.29) is 0 Å². The highest BCUT2D eigenvalue weighted by Crippen LogP contribution is 2.41. The molecule has 0 aliphatic carbocycles. The molecule has 15 heavy (non-hydrogen) atoms. The smallest absolute Gasteiger partial charge is 0.236 e. The van der Waals surface area contributed by atoms with Gasteiger partial charge in [0.25, 0.3) is 3.92 Å². The van der Waals surface area contributed by atoms with Crippen LogP contribution in [0.5, 0.6) is 0 Å². The van der Waals surface area contributed by atoms with Gasteiger partial charge in [-0.3, -0.25) is 0 Å². The fraction of sp³-hybridized carbons (Fsp3) is 0.333. The van der Waals surface area contributed by atoms with Gasteiger partial charge < -0.3 is 0 Å². The zero-order valence-electron chi connectivity index (χ0n) is 7.25. The van der Waals surface area contributed by atoms with E-state index in [1.165, 1.54) is 6.26 Å². The van der Waals surface area contributed by atoms with Gasteiger partial charge in [-0.2, -0.15) is 0 Å². The second-order valence-electron chi connectivity index (χ2n) is 2.57. The van der Waals surface area contributed by atoms with Crippen molar-refractivity contribution in [2.45, 2.75) is 3.92 Å². The predicted octanol–water partition coefficient (Wildman–Crippen LogP) is 3.83. The summed E-state index contributed by atoms with van der Waals surface area (Å²) in [5.41, 5.74) is 0. The third-order valence-electron chi connectivity index (χ3n) is 1.32. The van der Waals surface area contributed by atoms with Crippen LogP contribution in [0.2, 0.25) is 4.34 Å². The van der Waals surface area contributed by atoms with Crippen molar-refractivity contribution >= 4 is 82.6 Å². The first-order valence-electron chi connectivity index (χ1n) is 3.45. The van der Waals surface area contributed by atoms with Gasteiger partial charge in [0.2, 0.25) is 0 Å². The quantitative estimate of drug-likeness (QED) is 0.600. The molecular weight excluding hydrogens is 340 g/mol. The summed E-state index contributed by atoms with van der Waals surface area (Å²) in [5.74, 6) is 0. The van der Waals surface area contributed by atoms with Crippen molar-refractivity contribution in [3.8, 4) is 0 Å². The minimum atomic E-state index is -2.84. The zero-order chi connectivity index (χ0) is 11.9. The minimum Gasteiger partial charge on any atom is -0.236 e. The first-order chi connectivity index (χ1) is 6.62. The molecule has 0 saturated carbocycles. The second kappa shape index (κ2) is 4.72. The molecule has 9 heteroatoms. The van der Waals surface area contributed by atoms with E-state index in [1.807, 2.05) is 0 Å². The number of hydrogen-bond donors (Lipinski definition) is 0. The third kappa shape index (κ3) is 3.77. The van der Waals surface area contributed by atoms with E-state index < -0.39 is 12.6 Å². The summed E-state index contributed by atoms with van der Waals surface area (Å²) in [5, 5.41) is 0.461. The van der Waals surface area contributed by atoms with Crippen LogP contribution in [-0.2, 0) is 19.9 Å². The van der Waals surface area contributed by atoms with Crippen molar-refractivity contribution in [1.29, 1.82) is 0 Å². The number of halogens is 4. The first-order valence-corrected chi connectivity index (χ1v) is 8.62. The lowest BCUT2D eigenvalue weighted by atomic mass is 10.6. The lowest BCUT2D eigenvalue weighted by Crippen LogP contribution is -2.38. The van der Waals surface area contributed by atoms with Crippen molar-refractivity contribution in [2.24, 2.45) is 0 Å². The minimum absolute atomic E-state index is 0.461. The average Bonchev–Trinajstić information content (AvgIpc) is 2.28. The number of anilines is 1. The summed E-state index contributed by atoms with van der Waals surface area (Å²) >= 11 is 28.8. The van der Waals surface area contributed by atoms with Crippen molar-refractivity contribution in [1.82, 2.24) is 0 Å². The van der Waals surface area contributed by atoms with Crippen LogP contribution in [0, 0.1) is 0 Å². The molecule has 0 aromatic carbocycles. The molecule has 1 unspecified atom stereocenters. The Balaban J connectivity index is 3.26. The van der Waals surface area contributed by atoms with E-state index in [0.717, 1.165) is 15.6 Å². The summed E-state index contributed by atoms with van der Waals surface area (Å²) in [4.78, 5) is 0. The van der Waals surface area contributed by atoms with Gasteiger partial charge >= 0.3 is 0 Å². The summed E-state index contributed by atoms with van der Waals surface area (Å²) in [6.07, 6.45) is 1.32. The van der Waals surface area contributed by atoms with Crippen LogP contribution in [0.15, 0.2) is 12.1 Å². The van der Waals surface area contributed by atoms with Crippen molar-refractivity contribution < 1.29 is 4.21 Å². The molecule has 1 aromatic heterocycles. The van der Waals surface area contributed by atoms with Gasteiger partial charge in [-0.05, 0) is 12.1 Å². The number of nitrogens with zero attached hydrogens (tertiary/aromatic N) is 1. The standard InChI is InChI=1S/C6H5Cl4NOS3/c1-15(12,13)11(6(8,9)10)5-3-2-4(7)14-5/h2-3H,1H3. The second-order valence-corrected chi connectivity index (χ2v) is 10.2. The van der Waals surface area contributed by atoms with E-state index in [0.29, 0.717) is 9.34 Å². The molecule has 86 valence electrons. The molecule has 2 nitrogen and oxygen atoms in total. The van der Waals surface area contributed by atoms with Gasteiger partial charge in [0, 0.05) is 17.4 Å². The number of thiophene rings is 1. The average molecular weight is 345 g/mol. The van der Waals surface area contributed by atoms with Gasteiger partial charge in [0.05, 0.1) is 4.34 Å². The maximum absolute atomic E-state index is 11.8. The highest BCUT2D eigenvalue weighted by molar-refractivity contribution is 8.33. The number of hydrogen-bond acceptors (Lipinski definition) is 3. The van der Waals surface area contributed by atoms with E-state index in [1.54, 1.807) is 12.1 Å². The van der Waals surface area contributed by atoms with Crippen molar-refractivity contribution in [3.05, 3.63) is 16.5 Å². The fourth-order valence-electron chi connectivity index (χ4n) is 0.890. The highest BCUT2D eigenvalue weighted by Gasteiger charge is 2.36. The molecule has 0 radical (unpaired) electrons. The molecule has 1 rings (SSSR count). The molecule has 1 atom stereocenters. The largest absolute Gasteiger partial charge is 0.280 e. The first kappa shape index (κ1) is 14.1. The molecule has 0 aliphatic rings. The van der Waals surface area contributed by atoms with Crippen LogP contribution in [0.4, 0.5) is 5.00 Å². The zero-order valence-corrected chi connectivity index (χ0v) is 12.7. The Kier molecular flexibility index (Phi) is 4.44. The molecule has 1 heterocycles. The number of alkyl halides is 3. The lowest BCUT2D eigenvalue weighted by molar-refractivity contribution is 0.682. The Hall–Kier alpha value is 1.03. The Bertz CT molecular complexity index is 449. The monoisotopic (exact) mass is 343 g/mol. The maximum atomic E-state index is 11.8. The number of rotatable bonds is 2. The highest BCUT2D eigenvalue weighted by atomic mass is 35.6. The summed E-state index contributed by atoms with van der Waals surface area (Å²) in [6.45, 7) is 0. The fourth-order valence-corrected chi connectivity index (χ4v) is 5.88. The van der Waals surface area contributed by atoms with Crippen LogP contribution in [0.3, 0.4) is 0 Å². The van der Waals surface area contributed by atoms with Crippen LogP contribution in [0.1, 0.15) is 0 Å². The Morgan fingerprint density at radius 1 is 1.47 bits per heavy atom. The van der Waals surface area contributed by atoms with Crippen LogP contribution in [0.25, 0.3) is 0 Å². The Labute approximate surface area is 117 Å². The molecule has 0 spiro atoms. The Morgan fingerprint density at radius 2 is 2.00 bits per heavy atom. The summed E-state index contributed by atoms with van der Waals surface area (Å²) in [6, 6.07) is 3.22. The van der Waals surface area contributed by atoms with Gasteiger partial charge in [-0.15, -0.1) is 11.3 Å². The molecular formula is C6H5Cl4NOS3. The van der Waals surface area contributed by atoms with E-state index in [4.69, 9.17) is 57.6 Å². The third-order valence-corrected chi connectivity index (χ3v) is 5.04. The van der Waals surface area contributed by atoms with Gasteiger partial charge in [0.15, 0.2) is 0 Å². The molecule has 0 aliphatic heterocycles. The molecule has 0 amide bonds. The van der Waals surface area contributed by atoms with Gasteiger partial charge in [0.1, 0.15) is 13.7 Å². The topological polar surface area (TPSA) is 20.3 Å². The lowest BCUT2D eigenvalue weighted by Gasteiger charge is -2.29. The van der Waals surface area contributed by atoms with E-state index in [9.17, 15) is 4.21 Å². The molecule has 0 bridgehead atoms. The van der Waals surface area contributed by atoms with Gasteiger partial charge in [-0.25, -0.2) is 8.51 Å². The Morgan fingerprint density at radius 3 is 2.27 bits per heavy atom. The van der Waals surface area contributed by atoms with Gasteiger partial charge in [-0.1, -0.05) is 46.4 Å². The van der Waals surface area contributed by atoms with E-state index in [2.05, 4.69) is 0 Å². The maximum Gasteiger partial charge on any atom is 0.280 e. The van der Waals surface area contributed by atoms with E-state index >= 15 is 0 Å². The van der Waals surface area contributed by atoms with Crippen LogP contribution in [-0.4, -0.2) is 14.4 Å². The van der Waals surface area contributed by atoms with Crippen LogP contribution < -0.4 is 4.31 Å². The summed E-state index contributed by atoms with van der Waals surface area (Å²) < 4.78 is 11.5. The molecule has 0 N–H and O–H groups in total. The normalized spacial score (nSPS) is 16.1. The molecule has 0 fully saturated rings. The van der Waals surface area contributed by atoms with Crippen LogP contribution >= 0.6 is 57.7 Å². The molecule has 1 aromatic rings.